The van der Waals surface area contributed by atoms with Gasteiger partial charge in [-0.05, 0) is 12.2 Å². The second-order valence-electron chi connectivity index (χ2n) is 1.14. The molecule has 0 atom stereocenters. The molecule has 2 nitrogen and oxygen atoms in total. The summed E-state index contributed by atoms with van der Waals surface area (Å²) >= 11 is 4.68. The summed E-state index contributed by atoms with van der Waals surface area (Å²) in [6.07, 6.45) is 2.89. The summed E-state index contributed by atoms with van der Waals surface area (Å²) in [5.74, 6) is 0. The Morgan fingerprint density at radius 1 is 2.14 bits per heavy atom. The van der Waals surface area contributed by atoms with E-state index in [-0.39, 0.29) is 4.77 Å². The summed E-state index contributed by atoms with van der Waals surface area (Å²) < 4.78 is 22.1. The molecule has 0 aliphatic heterocycles. The van der Waals surface area contributed by atoms with E-state index in [4.69, 9.17) is 4.11 Å². The standard InChI is InChI=1S/C4H6N2S/c1-6-3-2-5-4(6)7/h2-3H,1H3,(H,5,7)/i1D3. The van der Waals surface area contributed by atoms with E-state index >= 15 is 0 Å². The van der Waals surface area contributed by atoms with Gasteiger partial charge in [-0.2, -0.15) is 0 Å². The van der Waals surface area contributed by atoms with Crippen LogP contribution in [0.5, 0.6) is 0 Å². The molecule has 0 aromatic carbocycles. The lowest BCUT2D eigenvalue weighted by Gasteiger charge is -1.79. The predicted molar refractivity (Wildman–Crippen MR) is 30.6 cm³/mol. The van der Waals surface area contributed by atoms with E-state index in [2.05, 4.69) is 17.2 Å². The molecule has 3 heteroatoms. The van der Waals surface area contributed by atoms with Crippen LogP contribution in [0, 0.1) is 4.77 Å². The topological polar surface area (TPSA) is 20.7 Å². The molecule has 0 amide bonds. The molecule has 1 rings (SSSR count). The van der Waals surface area contributed by atoms with Crippen molar-refractivity contribution < 1.29 is 4.11 Å². The number of hydrogen-bond donors (Lipinski definition) is 1. The fourth-order valence-corrected chi connectivity index (χ4v) is 0.449. The van der Waals surface area contributed by atoms with Crippen LogP contribution >= 0.6 is 12.2 Å². The minimum atomic E-state index is -2.16. The van der Waals surface area contributed by atoms with Gasteiger partial charge in [0.1, 0.15) is 0 Å². The lowest BCUT2D eigenvalue weighted by Crippen LogP contribution is -1.81. The van der Waals surface area contributed by atoms with Crippen LogP contribution in [-0.2, 0) is 6.98 Å². The normalized spacial score (nSPS) is 17.4. The van der Waals surface area contributed by atoms with Gasteiger partial charge in [-0.3, -0.25) is 0 Å². The van der Waals surface area contributed by atoms with Crippen LogP contribution in [0.25, 0.3) is 0 Å². The van der Waals surface area contributed by atoms with Crippen molar-refractivity contribution in [3.05, 3.63) is 17.2 Å². The lowest BCUT2D eigenvalue weighted by atomic mass is 10.9. The number of hydrogen-bond acceptors (Lipinski definition) is 1. The second-order valence-corrected chi connectivity index (χ2v) is 1.52. The molecule has 1 aromatic rings. The average molecular weight is 117 g/mol. The van der Waals surface area contributed by atoms with Crippen LogP contribution in [-0.4, -0.2) is 9.55 Å². The molecule has 1 N–H and O–H groups in total. The summed E-state index contributed by atoms with van der Waals surface area (Å²) in [7, 11) is 0. The Balaban J connectivity index is 3.18. The van der Waals surface area contributed by atoms with E-state index in [0.717, 1.165) is 4.57 Å². The first kappa shape index (κ1) is 2.13. The van der Waals surface area contributed by atoms with E-state index in [1.54, 1.807) is 0 Å². The number of aromatic nitrogens is 2. The Labute approximate surface area is 51.0 Å². The van der Waals surface area contributed by atoms with E-state index in [9.17, 15) is 0 Å². The maximum atomic E-state index is 6.94. The van der Waals surface area contributed by atoms with Gasteiger partial charge in [0.25, 0.3) is 0 Å². The molecule has 1 aromatic heterocycles. The highest BCUT2D eigenvalue weighted by atomic mass is 32.1. The molecule has 1 heterocycles. The molecule has 0 radical (unpaired) electrons. The van der Waals surface area contributed by atoms with Gasteiger partial charge in [-0.15, -0.1) is 0 Å². The SMILES string of the molecule is [2H]C([2H])([2H])n1cc[nH]c1=S. The highest BCUT2D eigenvalue weighted by Crippen LogP contribution is 1.81. The van der Waals surface area contributed by atoms with Crippen LogP contribution in [0.2, 0.25) is 0 Å². The van der Waals surface area contributed by atoms with Crippen molar-refractivity contribution in [3.63, 3.8) is 0 Å². The first-order valence-corrected chi connectivity index (χ1v) is 2.19. The van der Waals surface area contributed by atoms with Crippen LogP contribution < -0.4 is 0 Å². The van der Waals surface area contributed by atoms with Crippen LogP contribution in [0.15, 0.2) is 12.4 Å². The minimum absolute atomic E-state index is 0.222. The molecule has 0 spiro atoms. The van der Waals surface area contributed by atoms with Gasteiger partial charge in [0.2, 0.25) is 0 Å². The predicted octanol–water partition coefficient (Wildman–Crippen LogP) is 1.08. The number of rotatable bonds is 0. The fraction of sp³-hybridized carbons (Fsp3) is 0.250. The number of imidazole rings is 1. The first-order chi connectivity index (χ1) is 4.52. The summed E-state index contributed by atoms with van der Waals surface area (Å²) in [4.78, 5) is 2.59. The summed E-state index contributed by atoms with van der Waals surface area (Å²) in [6.45, 7) is -2.16. The number of nitrogens with zero attached hydrogens (tertiary/aromatic N) is 1. The zero-order valence-electron chi connectivity index (χ0n) is 6.51. The van der Waals surface area contributed by atoms with Crippen molar-refractivity contribution >= 4 is 12.2 Å². The molecule has 0 unspecified atom stereocenters. The largest absolute Gasteiger partial charge is 0.337 e. The second kappa shape index (κ2) is 1.50. The van der Waals surface area contributed by atoms with Crippen LogP contribution in [0.1, 0.15) is 4.11 Å². The summed E-state index contributed by atoms with van der Waals surface area (Å²) in [5, 5.41) is 0. The average Bonchev–Trinajstić information content (AvgIpc) is 2.11. The molecule has 0 saturated heterocycles. The van der Waals surface area contributed by atoms with E-state index < -0.39 is 6.98 Å². The molecule has 38 valence electrons. The minimum Gasteiger partial charge on any atom is -0.337 e. The third-order valence-corrected chi connectivity index (χ3v) is 0.964. The molecule has 0 fully saturated rings. The van der Waals surface area contributed by atoms with Gasteiger partial charge >= 0.3 is 0 Å². The van der Waals surface area contributed by atoms with Crippen molar-refractivity contribution in [2.45, 2.75) is 0 Å². The molecular formula is C4H6N2S. The maximum absolute atomic E-state index is 6.94. The number of aryl methyl sites for hydroxylation is 1. The zero-order chi connectivity index (χ0) is 7.78. The maximum Gasteiger partial charge on any atom is 0.176 e. The van der Waals surface area contributed by atoms with E-state index in [1.165, 1.54) is 12.4 Å². The smallest absolute Gasteiger partial charge is 0.176 e. The third kappa shape index (κ3) is 0.718. The van der Waals surface area contributed by atoms with Gasteiger partial charge < -0.3 is 9.55 Å². The zero-order valence-corrected chi connectivity index (χ0v) is 4.33. The van der Waals surface area contributed by atoms with Crippen molar-refractivity contribution in [1.29, 1.82) is 0 Å². The Hall–Kier alpha value is -0.570. The van der Waals surface area contributed by atoms with Crippen molar-refractivity contribution in [2.24, 2.45) is 6.98 Å². The van der Waals surface area contributed by atoms with E-state index in [0.29, 0.717) is 0 Å². The highest BCUT2D eigenvalue weighted by molar-refractivity contribution is 7.71. The van der Waals surface area contributed by atoms with Gasteiger partial charge in [-0.25, -0.2) is 0 Å². The van der Waals surface area contributed by atoms with Gasteiger partial charge in [0.05, 0.1) is 0 Å². The molecular weight excluding hydrogens is 108 g/mol. The fourth-order valence-electron chi connectivity index (χ4n) is 0.320. The quantitative estimate of drug-likeness (QED) is 0.504. The molecule has 0 saturated carbocycles. The lowest BCUT2D eigenvalue weighted by molar-refractivity contribution is 0.894. The van der Waals surface area contributed by atoms with Gasteiger partial charge in [-0.1, -0.05) is 0 Å². The van der Waals surface area contributed by atoms with E-state index in [1.807, 2.05) is 0 Å². The highest BCUT2D eigenvalue weighted by Gasteiger charge is 1.76. The Bertz CT molecular complexity index is 271. The molecule has 7 heavy (non-hydrogen) atoms. The number of H-pyrrole nitrogens is 1. The number of aromatic amines is 1. The molecule has 0 aliphatic rings. The number of nitrogens with one attached hydrogen (secondary N) is 1. The van der Waals surface area contributed by atoms with Crippen LogP contribution in [0.4, 0.5) is 0 Å². The van der Waals surface area contributed by atoms with Crippen LogP contribution in [0.3, 0.4) is 0 Å². The third-order valence-electron chi connectivity index (χ3n) is 0.649. The Morgan fingerprint density at radius 2 is 3.00 bits per heavy atom. The Morgan fingerprint density at radius 3 is 3.29 bits per heavy atom. The summed E-state index contributed by atoms with van der Waals surface area (Å²) in [6, 6.07) is 0. The van der Waals surface area contributed by atoms with Gasteiger partial charge in [0.15, 0.2) is 4.77 Å². The van der Waals surface area contributed by atoms with Gasteiger partial charge in [0, 0.05) is 23.5 Å². The molecule has 0 aliphatic carbocycles. The Kier molecular flexibility index (Phi) is 0.457. The monoisotopic (exact) mass is 117 g/mol. The molecule has 0 bridgehead atoms. The van der Waals surface area contributed by atoms with Crippen molar-refractivity contribution in [1.82, 2.24) is 9.55 Å². The van der Waals surface area contributed by atoms with Crippen molar-refractivity contribution in [2.75, 3.05) is 0 Å². The first-order valence-electron chi connectivity index (χ1n) is 3.28. The summed E-state index contributed by atoms with van der Waals surface area (Å²) in [5.41, 5.74) is 0. The van der Waals surface area contributed by atoms with Crippen molar-refractivity contribution in [3.8, 4) is 0 Å².